The van der Waals surface area contributed by atoms with Crippen molar-refractivity contribution in [3.8, 4) is 0 Å². The molecule has 17 heavy (non-hydrogen) atoms. The van der Waals surface area contributed by atoms with Crippen LogP contribution < -0.4 is 11.1 Å². The zero-order chi connectivity index (χ0) is 12.8. The van der Waals surface area contributed by atoms with Crippen LogP contribution in [0.15, 0.2) is 30.3 Å². The minimum absolute atomic E-state index is 0.337. The molecule has 4 N–H and O–H groups in total. The zero-order valence-electron chi connectivity index (χ0n) is 8.92. The van der Waals surface area contributed by atoms with E-state index in [0.29, 0.717) is 5.56 Å². The van der Waals surface area contributed by atoms with E-state index in [2.05, 4.69) is 5.32 Å². The number of carboxylic acid groups (broad SMARTS) is 1. The third-order valence-electron chi connectivity index (χ3n) is 2.06. The number of nitrogens with one attached hydrogen (secondary N) is 1. The summed E-state index contributed by atoms with van der Waals surface area (Å²) in [7, 11) is 0. The van der Waals surface area contributed by atoms with Gasteiger partial charge in [-0.05, 0) is 12.1 Å². The number of aliphatic carboxylic acids is 1. The molecule has 0 heterocycles. The lowest BCUT2D eigenvalue weighted by Crippen LogP contribution is -2.45. The van der Waals surface area contributed by atoms with Crippen molar-refractivity contribution in [3.63, 3.8) is 0 Å². The number of rotatable bonds is 5. The second-order valence-electron chi connectivity index (χ2n) is 3.39. The summed E-state index contributed by atoms with van der Waals surface area (Å²) in [6.45, 7) is 0. The Morgan fingerprint density at radius 2 is 1.82 bits per heavy atom. The maximum absolute atomic E-state index is 11.6. The molecule has 0 fully saturated rings. The molecule has 6 nitrogen and oxygen atoms in total. The number of primary amides is 1. The summed E-state index contributed by atoms with van der Waals surface area (Å²) in [5.41, 5.74) is 5.33. The van der Waals surface area contributed by atoms with E-state index in [-0.39, 0.29) is 0 Å². The molecular formula is C11H12N2O4. The number of hydrogen-bond acceptors (Lipinski definition) is 3. The van der Waals surface area contributed by atoms with Crippen LogP contribution in [0.1, 0.15) is 16.8 Å². The first-order valence-electron chi connectivity index (χ1n) is 4.87. The van der Waals surface area contributed by atoms with Gasteiger partial charge in [0.25, 0.3) is 5.91 Å². The lowest BCUT2D eigenvalue weighted by Gasteiger charge is -2.13. The van der Waals surface area contributed by atoms with Crippen molar-refractivity contribution < 1.29 is 19.5 Å². The summed E-state index contributed by atoms with van der Waals surface area (Å²) in [4.78, 5) is 33.0. The maximum atomic E-state index is 11.6. The number of hydrogen-bond donors (Lipinski definition) is 3. The minimum atomic E-state index is -1.21. The monoisotopic (exact) mass is 236 g/mol. The van der Waals surface area contributed by atoms with Gasteiger partial charge in [-0.2, -0.15) is 0 Å². The molecule has 0 aromatic heterocycles. The molecule has 0 aliphatic rings. The van der Waals surface area contributed by atoms with Gasteiger partial charge >= 0.3 is 5.97 Å². The van der Waals surface area contributed by atoms with Crippen molar-refractivity contribution >= 4 is 17.8 Å². The van der Waals surface area contributed by atoms with Gasteiger partial charge in [0.05, 0.1) is 6.42 Å². The second kappa shape index (κ2) is 5.64. The fourth-order valence-electron chi connectivity index (χ4n) is 1.23. The highest BCUT2D eigenvalue weighted by Gasteiger charge is 2.21. The molecule has 2 amide bonds. The van der Waals surface area contributed by atoms with E-state index in [1.165, 1.54) is 0 Å². The van der Waals surface area contributed by atoms with Crippen LogP contribution in [0.2, 0.25) is 0 Å². The molecule has 90 valence electrons. The second-order valence-corrected chi connectivity index (χ2v) is 3.39. The fraction of sp³-hybridized carbons (Fsp3) is 0.182. The van der Waals surface area contributed by atoms with Gasteiger partial charge in [0.15, 0.2) is 0 Å². The predicted octanol–water partition coefficient (Wildman–Crippen LogP) is -0.255. The molecule has 1 aromatic rings. The molecule has 0 saturated heterocycles. The average molecular weight is 236 g/mol. The van der Waals surface area contributed by atoms with Crippen LogP contribution in [-0.4, -0.2) is 28.9 Å². The van der Waals surface area contributed by atoms with E-state index in [1.807, 2.05) is 0 Å². The van der Waals surface area contributed by atoms with E-state index >= 15 is 0 Å². The van der Waals surface area contributed by atoms with Gasteiger partial charge in [-0.3, -0.25) is 14.4 Å². The van der Waals surface area contributed by atoms with E-state index in [1.54, 1.807) is 30.3 Å². The van der Waals surface area contributed by atoms with Gasteiger partial charge < -0.3 is 16.2 Å². The van der Waals surface area contributed by atoms with Crippen molar-refractivity contribution in [2.24, 2.45) is 5.73 Å². The molecular weight excluding hydrogens is 224 g/mol. The average Bonchev–Trinajstić information content (AvgIpc) is 2.28. The Labute approximate surface area is 97.4 Å². The Bertz CT molecular complexity index is 430. The quantitative estimate of drug-likeness (QED) is 0.654. The number of nitrogens with two attached hydrogens (primary N) is 1. The summed E-state index contributed by atoms with van der Waals surface area (Å²) >= 11 is 0. The van der Waals surface area contributed by atoms with Crippen LogP contribution in [0, 0.1) is 0 Å². The summed E-state index contributed by atoms with van der Waals surface area (Å²) in [6, 6.07) is 6.94. The fourth-order valence-corrected chi connectivity index (χ4v) is 1.23. The van der Waals surface area contributed by atoms with Crippen molar-refractivity contribution in [1.29, 1.82) is 0 Å². The summed E-state index contributed by atoms with van der Waals surface area (Å²) < 4.78 is 0. The third kappa shape index (κ3) is 3.94. The molecule has 6 heteroatoms. The van der Waals surface area contributed by atoms with Crippen LogP contribution >= 0.6 is 0 Å². The lowest BCUT2D eigenvalue weighted by atomic mass is 10.1. The van der Waals surface area contributed by atoms with Crippen LogP contribution in [0.4, 0.5) is 0 Å². The Kier molecular flexibility index (Phi) is 4.21. The van der Waals surface area contributed by atoms with E-state index in [0.717, 1.165) is 0 Å². The Morgan fingerprint density at radius 1 is 1.24 bits per heavy atom. The molecule has 1 atom stereocenters. The first-order valence-corrected chi connectivity index (χ1v) is 4.87. The summed E-state index contributed by atoms with van der Waals surface area (Å²) in [6.07, 6.45) is -0.534. The third-order valence-corrected chi connectivity index (χ3v) is 2.06. The van der Waals surface area contributed by atoms with Gasteiger partial charge in [0, 0.05) is 5.56 Å². The van der Waals surface area contributed by atoms with E-state index in [4.69, 9.17) is 10.8 Å². The SMILES string of the molecule is NC(=O)[C@H](CC(=O)O)NC(=O)c1ccccc1. The normalized spacial score (nSPS) is 11.5. The summed E-state index contributed by atoms with van der Waals surface area (Å²) in [5, 5.41) is 10.8. The molecule has 0 spiro atoms. The van der Waals surface area contributed by atoms with Crippen LogP contribution in [0.5, 0.6) is 0 Å². The van der Waals surface area contributed by atoms with Gasteiger partial charge in [-0.15, -0.1) is 0 Å². The predicted molar refractivity (Wildman–Crippen MR) is 59.1 cm³/mol. The topological polar surface area (TPSA) is 109 Å². The van der Waals surface area contributed by atoms with E-state index < -0.39 is 30.2 Å². The number of amides is 2. The molecule has 0 bridgehead atoms. The maximum Gasteiger partial charge on any atom is 0.305 e. The first kappa shape index (κ1) is 12.7. The van der Waals surface area contributed by atoms with Gasteiger partial charge in [0.2, 0.25) is 5.91 Å². The minimum Gasteiger partial charge on any atom is -0.481 e. The first-order chi connectivity index (χ1) is 8.00. The van der Waals surface area contributed by atoms with Crippen molar-refractivity contribution in [3.05, 3.63) is 35.9 Å². The highest BCUT2D eigenvalue weighted by atomic mass is 16.4. The standard InChI is InChI=1S/C11H12N2O4/c12-10(16)8(6-9(14)15)13-11(17)7-4-2-1-3-5-7/h1-5,8H,6H2,(H2,12,16)(H,13,17)(H,14,15)/t8-/m0/s1. The Hall–Kier alpha value is -2.37. The van der Waals surface area contributed by atoms with Crippen molar-refractivity contribution in [2.75, 3.05) is 0 Å². The number of carbonyl (C=O) groups is 3. The highest BCUT2D eigenvalue weighted by molar-refractivity contribution is 5.98. The molecule has 0 unspecified atom stereocenters. The highest BCUT2D eigenvalue weighted by Crippen LogP contribution is 2.00. The molecule has 1 aromatic carbocycles. The van der Waals surface area contributed by atoms with Gasteiger partial charge in [-0.1, -0.05) is 18.2 Å². The number of carboxylic acids is 1. The van der Waals surface area contributed by atoms with Crippen LogP contribution in [-0.2, 0) is 9.59 Å². The molecule has 1 rings (SSSR count). The van der Waals surface area contributed by atoms with E-state index in [9.17, 15) is 14.4 Å². The number of carbonyl (C=O) groups excluding carboxylic acids is 2. The molecule has 0 radical (unpaired) electrons. The molecule has 0 aliphatic heterocycles. The molecule has 0 saturated carbocycles. The Balaban J connectivity index is 2.71. The smallest absolute Gasteiger partial charge is 0.305 e. The largest absolute Gasteiger partial charge is 0.481 e. The number of benzene rings is 1. The summed E-state index contributed by atoms with van der Waals surface area (Å²) in [5.74, 6) is -2.62. The zero-order valence-corrected chi connectivity index (χ0v) is 8.92. The van der Waals surface area contributed by atoms with Crippen molar-refractivity contribution in [2.45, 2.75) is 12.5 Å². The van der Waals surface area contributed by atoms with Crippen LogP contribution in [0.3, 0.4) is 0 Å². The van der Waals surface area contributed by atoms with Crippen LogP contribution in [0.25, 0.3) is 0 Å². The lowest BCUT2D eigenvalue weighted by molar-refractivity contribution is -0.139. The van der Waals surface area contributed by atoms with Gasteiger partial charge in [0.1, 0.15) is 6.04 Å². The van der Waals surface area contributed by atoms with Crippen molar-refractivity contribution in [1.82, 2.24) is 5.32 Å². The van der Waals surface area contributed by atoms with Gasteiger partial charge in [-0.25, -0.2) is 0 Å². The Morgan fingerprint density at radius 3 is 2.29 bits per heavy atom. The molecule has 0 aliphatic carbocycles.